The Bertz CT molecular complexity index is 2380. The van der Waals surface area contributed by atoms with Crippen molar-refractivity contribution in [1.29, 1.82) is 0 Å². The molecule has 360 valence electrons. The maximum Gasteiger partial charge on any atom is 0.329 e. The van der Waals surface area contributed by atoms with Gasteiger partial charge in [-0.1, -0.05) is 43.9 Å². The van der Waals surface area contributed by atoms with Crippen LogP contribution in [0.15, 0.2) is 77.9 Å². The summed E-state index contributed by atoms with van der Waals surface area (Å²) in [5.74, 6) is 0.794. The number of carbonyl (C=O) groups is 4. The number of benzene rings is 2. The predicted octanol–water partition coefficient (Wildman–Crippen LogP) is 4.99. The maximum atomic E-state index is 13.0. The lowest BCUT2D eigenvalue weighted by atomic mass is 10.1. The summed E-state index contributed by atoms with van der Waals surface area (Å²) in [7, 11) is 1.69. The molecule has 3 N–H and O–H groups in total. The molecule has 2 aromatic carbocycles. The fraction of sp³-hybridized carbons (Fsp3) is 0.520. The quantitative estimate of drug-likeness (QED) is 0.0299. The van der Waals surface area contributed by atoms with Gasteiger partial charge in [0, 0.05) is 70.5 Å². The Hall–Kier alpha value is -6.04. The summed E-state index contributed by atoms with van der Waals surface area (Å²) in [6, 6.07) is 16.4. The highest BCUT2D eigenvalue weighted by atomic mass is 16.5. The highest BCUT2D eigenvalue weighted by molar-refractivity contribution is 6.06. The number of piperidine rings is 1. The first-order valence-corrected chi connectivity index (χ1v) is 23.8. The highest BCUT2D eigenvalue weighted by Gasteiger charge is 2.42. The number of aromatic hydroxyl groups is 1. The number of pyridine rings is 1. The number of imide groups is 1. The van der Waals surface area contributed by atoms with E-state index >= 15 is 0 Å². The number of aryl methyl sites for hydroxylation is 2. The van der Waals surface area contributed by atoms with E-state index in [1.807, 2.05) is 36.5 Å². The van der Waals surface area contributed by atoms with Crippen molar-refractivity contribution in [3.8, 4) is 11.5 Å². The van der Waals surface area contributed by atoms with E-state index in [4.69, 9.17) is 18.9 Å². The largest absolute Gasteiger partial charge is 0.507 e. The molecule has 0 radical (unpaired) electrons. The van der Waals surface area contributed by atoms with Crippen LogP contribution in [0.5, 0.6) is 11.5 Å². The number of hydrogen-bond acceptors (Lipinski definition) is 13. The molecular formula is C50H65N7O10. The Labute approximate surface area is 391 Å². The van der Waals surface area contributed by atoms with Crippen LogP contribution in [0, 0.1) is 0 Å². The molecule has 3 fully saturated rings. The molecule has 4 aromatic rings. The second-order valence-electron chi connectivity index (χ2n) is 17.5. The number of fused-ring (bicyclic) bond motifs is 3. The first-order chi connectivity index (χ1) is 32.7. The number of carbonyl (C=O) groups excluding carboxylic acids is 4. The number of unbranched alkanes of at least 4 members (excludes halogenated alkanes) is 5. The molecule has 17 heteroatoms. The monoisotopic (exact) mass is 923 g/mol. The van der Waals surface area contributed by atoms with E-state index in [1.54, 1.807) is 42.1 Å². The number of nitrogens with one attached hydrogen (secondary N) is 2. The number of imidazole rings is 1. The van der Waals surface area contributed by atoms with Crippen LogP contribution in [0.3, 0.4) is 0 Å². The number of para-hydroxylation sites is 1. The number of piperazine rings is 1. The van der Waals surface area contributed by atoms with Crippen molar-refractivity contribution in [2.45, 2.75) is 95.2 Å². The Balaban J connectivity index is 0.627. The summed E-state index contributed by atoms with van der Waals surface area (Å²) in [5, 5.41) is 15.2. The zero-order valence-corrected chi connectivity index (χ0v) is 38.6. The average Bonchev–Trinajstić information content (AvgIpc) is 4.01. The molecule has 3 atom stereocenters. The first kappa shape index (κ1) is 48.9. The van der Waals surface area contributed by atoms with Crippen LogP contribution in [-0.2, 0) is 42.1 Å². The number of ether oxygens (including phenoxy) is 4. The van der Waals surface area contributed by atoms with E-state index in [0.29, 0.717) is 88.8 Å². The van der Waals surface area contributed by atoms with Crippen molar-refractivity contribution >= 4 is 40.4 Å². The molecule has 7 rings (SSSR count). The number of phenols is 1. The maximum absolute atomic E-state index is 13.0. The Morgan fingerprint density at radius 1 is 0.836 bits per heavy atom. The summed E-state index contributed by atoms with van der Waals surface area (Å²) >= 11 is 0. The number of likely N-dealkylation sites (tertiary alicyclic amines) is 1. The van der Waals surface area contributed by atoms with Gasteiger partial charge in [0.25, 0.3) is 0 Å². The minimum atomic E-state index is -0.698. The van der Waals surface area contributed by atoms with Gasteiger partial charge in [0.05, 0.1) is 62.4 Å². The number of amides is 3. The molecule has 3 aliphatic rings. The molecular weight excluding hydrogens is 859 g/mol. The van der Waals surface area contributed by atoms with Gasteiger partial charge >= 0.3 is 5.69 Å². The summed E-state index contributed by atoms with van der Waals surface area (Å²) in [6.07, 6.45) is 14.9. The SMILES string of the molecule is Cn1c(=O)n(C2CCC(=O)NC2=O)c2ccc(CCCOCCOCCOCCNC(=O)CCCCCCCCOc3ccc(N4C[C@H]5C[C@@H]4CN5/C=C/C(=O)c4ccccc4O)nc3)cc21. The average molecular weight is 924 g/mol. The van der Waals surface area contributed by atoms with Crippen molar-refractivity contribution in [1.82, 2.24) is 29.7 Å². The number of ketones is 1. The third kappa shape index (κ3) is 13.5. The van der Waals surface area contributed by atoms with Crippen molar-refractivity contribution in [3.05, 3.63) is 94.7 Å². The van der Waals surface area contributed by atoms with Crippen LogP contribution in [0.25, 0.3) is 11.0 Å². The standard InChI is InChI=1S/C50H65N7O10/c1-54-43-31-36(15-17-41(43)57(50(54)63)42-18-20-48(61)53-49(42)62)11-10-24-64-27-29-66-30-28-65-26-22-51-47(60)14-6-4-2-3-5-9-25-67-39-16-19-46(52-33-39)56-35-37-32-38(56)34-55(37)23-21-45(59)40-12-7-8-13-44(40)58/h7-8,12-13,15-17,19,21,23,31,33,37-38,42,58H,2-6,9-11,14,18,20,22,24-30,32,34-35H2,1H3,(H,51,60)(H,53,61,62)/b23-21+/t37-,38-,42?/m1/s1. The topological polar surface area (TPSA) is 196 Å². The lowest BCUT2D eigenvalue weighted by Crippen LogP contribution is -2.44. The number of hydrogen-bond donors (Lipinski definition) is 3. The number of phenolic OH excluding ortho intramolecular Hbond substituents is 1. The van der Waals surface area contributed by atoms with E-state index < -0.39 is 11.9 Å². The molecule has 3 amide bonds. The number of rotatable bonds is 28. The fourth-order valence-electron chi connectivity index (χ4n) is 9.07. The second-order valence-corrected chi connectivity index (χ2v) is 17.5. The Kier molecular flexibility index (Phi) is 18.0. The van der Waals surface area contributed by atoms with Gasteiger partial charge in [0.15, 0.2) is 5.78 Å². The summed E-state index contributed by atoms with van der Waals surface area (Å²) in [6.45, 7) is 5.60. The predicted molar refractivity (Wildman–Crippen MR) is 252 cm³/mol. The van der Waals surface area contributed by atoms with Crippen LogP contribution in [0.4, 0.5) is 5.82 Å². The third-order valence-electron chi connectivity index (χ3n) is 12.7. The normalized spacial score (nSPS) is 18.1. The van der Waals surface area contributed by atoms with E-state index in [0.717, 1.165) is 93.5 Å². The Morgan fingerprint density at radius 2 is 1.60 bits per heavy atom. The van der Waals surface area contributed by atoms with Gasteiger partial charge in [-0.05, 0) is 80.5 Å². The minimum Gasteiger partial charge on any atom is -0.507 e. The molecule has 0 saturated carbocycles. The van der Waals surface area contributed by atoms with Gasteiger partial charge in [0.2, 0.25) is 17.7 Å². The zero-order chi connectivity index (χ0) is 47.0. The fourth-order valence-corrected chi connectivity index (χ4v) is 9.07. The van der Waals surface area contributed by atoms with E-state index in [1.165, 1.54) is 10.6 Å². The second kappa shape index (κ2) is 24.6. The summed E-state index contributed by atoms with van der Waals surface area (Å²) in [4.78, 5) is 71.0. The van der Waals surface area contributed by atoms with Crippen LogP contribution >= 0.6 is 0 Å². The highest BCUT2D eigenvalue weighted by Crippen LogP contribution is 2.34. The van der Waals surface area contributed by atoms with Crippen molar-refractivity contribution < 1.29 is 43.2 Å². The van der Waals surface area contributed by atoms with Gasteiger partial charge in [0.1, 0.15) is 23.4 Å². The smallest absolute Gasteiger partial charge is 0.329 e. The zero-order valence-electron chi connectivity index (χ0n) is 38.6. The number of aromatic nitrogens is 3. The van der Waals surface area contributed by atoms with E-state index in [2.05, 4.69) is 25.4 Å². The van der Waals surface area contributed by atoms with Crippen LogP contribution < -0.4 is 26.0 Å². The molecule has 0 spiro atoms. The molecule has 1 unspecified atom stereocenters. The molecule has 17 nitrogen and oxygen atoms in total. The number of nitrogens with zero attached hydrogens (tertiary/aromatic N) is 5. The molecule has 0 aliphatic carbocycles. The van der Waals surface area contributed by atoms with Crippen molar-refractivity contribution in [2.24, 2.45) is 7.05 Å². The number of allylic oxidation sites excluding steroid dienone is 1. The lowest BCUT2D eigenvalue weighted by Gasteiger charge is -2.34. The molecule has 2 bridgehead atoms. The third-order valence-corrected chi connectivity index (χ3v) is 12.7. The molecule has 3 aliphatic heterocycles. The van der Waals surface area contributed by atoms with Gasteiger partial charge in [-0.25, -0.2) is 9.78 Å². The van der Waals surface area contributed by atoms with Crippen LogP contribution in [0.1, 0.15) is 92.6 Å². The van der Waals surface area contributed by atoms with Gasteiger partial charge in [-0.15, -0.1) is 0 Å². The van der Waals surface area contributed by atoms with Gasteiger partial charge in [-0.2, -0.15) is 0 Å². The number of anilines is 1. The van der Waals surface area contributed by atoms with Gasteiger partial charge in [-0.3, -0.25) is 33.6 Å². The minimum absolute atomic E-state index is 0.00376. The molecule has 2 aromatic heterocycles. The summed E-state index contributed by atoms with van der Waals surface area (Å²) < 4.78 is 25.9. The summed E-state index contributed by atoms with van der Waals surface area (Å²) in [5.41, 5.74) is 2.52. The Morgan fingerprint density at radius 3 is 2.34 bits per heavy atom. The van der Waals surface area contributed by atoms with Crippen molar-refractivity contribution in [2.75, 3.05) is 70.8 Å². The van der Waals surface area contributed by atoms with Crippen LogP contribution in [-0.4, -0.2) is 126 Å². The lowest BCUT2D eigenvalue weighted by molar-refractivity contribution is -0.135. The van der Waals surface area contributed by atoms with E-state index in [9.17, 15) is 29.1 Å². The van der Waals surface area contributed by atoms with Crippen molar-refractivity contribution in [3.63, 3.8) is 0 Å². The van der Waals surface area contributed by atoms with Gasteiger partial charge < -0.3 is 39.2 Å². The van der Waals surface area contributed by atoms with E-state index in [-0.39, 0.29) is 35.5 Å². The van der Waals surface area contributed by atoms with Crippen LogP contribution in [0.2, 0.25) is 0 Å². The molecule has 3 saturated heterocycles. The molecule has 5 heterocycles. The molecule has 67 heavy (non-hydrogen) atoms. The first-order valence-electron chi connectivity index (χ1n) is 23.8.